The molecule has 1 aromatic carbocycles. The fourth-order valence-electron chi connectivity index (χ4n) is 2.05. The van der Waals surface area contributed by atoms with E-state index < -0.39 is 0 Å². The van der Waals surface area contributed by atoms with E-state index in [9.17, 15) is 4.79 Å². The predicted octanol–water partition coefficient (Wildman–Crippen LogP) is 3.85. The Hall–Kier alpha value is -1.82. The highest BCUT2D eigenvalue weighted by Crippen LogP contribution is 2.25. The first-order valence-electron chi connectivity index (χ1n) is 7.80. The van der Waals surface area contributed by atoms with E-state index in [1.54, 1.807) is 6.92 Å². The Kier molecular flexibility index (Phi) is 6.65. The Morgan fingerprint density at radius 3 is 2.70 bits per heavy atom. The van der Waals surface area contributed by atoms with Crippen LogP contribution < -0.4 is 0 Å². The predicted molar refractivity (Wildman–Crippen MR) is 89.4 cm³/mol. The average Bonchev–Trinajstić information content (AvgIpc) is 3.00. The van der Waals surface area contributed by atoms with Crippen LogP contribution in [0.4, 0.5) is 0 Å². The maximum absolute atomic E-state index is 11.7. The molecule has 0 bridgehead atoms. The summed E-state index contributed by atoms with van der Waals surface area (Å²) in [5.41, 5.74) is 1.23. The SMILES string of the molecule is CCCOC(=O)C(C)Sc1nnc(CC(C)c2ccccc2)o1. The van der Waals surface area contributed by atoms with Crippen LogP contribution in [0.5, 0.6) is 0 Å². The molecule has 0 aliphatic carbocycles. The van der Waals surface area contributed by atoms with Gasteiger partial charge in [-0.2, -0.15) is 0 Å². The molecule has 0 aliphatic heterocycles. The summed E-state index contributed by atoms with van der Waals surface area (Å²) in [6, 6.07) is 10.2. The van der Waals surface area contributed by atoms with Crippen molar-refractivity contribution in [1.82, 2.24) is 10.2 Å². The lowest BCUT2D eigenvalue weighted by Gasteiger charge is -2.09. The smallest absolute Gasteiger partial charge is 0.319 e. The molecule has 23 heavy (non-hydrogen) atoms. The molecule has 0 radical (unpaired) electrons. The van der Waals surface area contributed by atoms with Crippen molar-refractivity contribution in [3.05, 3.63) is 41.8 Å². The van der Waals surface area contributed by atoms with Gasteiger partial charge in [-0.25, -0.2) is 0 Å². The van der Waals surface area contributed by atoms with Gasteiger partial charge in [-0.3, -0.25) is 4.79 Å². The van der Waals surface area contributed by atoms with E-state index in [2.05, 4.69) is 29.3 Å². The summed E-state index contributed by atoms with van der Waals surface area (Å²) < 4.78 is 10.7. The third kappa shape index (κ3) is 5.39. The molecule has 0 saturated heterocycles. The molecule has 124 valence electrons. The molecule has 0 fully saturated rings. The van der Waals surface area contributed by atoms with E-state index in [-0.39, 0.29) is 11.2 Å². The number of rotatable bonds is 8. The molecule has 2 unspecified atom stereocenters. The van der Waals surface area contributed by atoms with Crippen molar-refractivity contribution in [2.45, 2.75) is 50.0 Å². The van der Waals surface area contributed by atoms with Gasteiger partial charge < -0.3 is 9.15 Å². The van der Waals surface area contributed by atoms with Crippen LogP contribution in [0, 0.1) is 0 Å². The molecule has 0 aliphatic rings. The van der Waals surface area contributed by atoms with Gasteiger partial charge in [-0.1, -0.05) is 55.9 Å². The first-order chi connectivity index (χ1) is 11.1. The fourth-order valence-corrected chi connectivity index (χ4v) is 2.75. The van der Waals surface area contributed by atoms with Crippen LogP contribution in [-0.4, -0.2) is 28.0 Å². The van der Waals surface area contributed by atoms with Crippen molar-refractivity contribution in [1.29, 1.82) is 0 Å². The minimum absolute atomic E-state index is 0.255. The minimum Gasteiger partial charge on any atom is -0.465 e. The normalized spacial score (nSPS) is 13.5. The summed E-state index contributed by atoms with van der Waals surface area (Å²) in [6.07, 6.45) is 1.48. The molecule has 2 rings (SSSR count). The van der Waals surface area contributed by atoms with Crippen molar-refractivity contribution in [3.8, 4) is 0 Å². The zero-order valence-electron chi connectivity index (χ0n) is 13.7. The monoisotopic (exact) mass is 334 g/mol. The minimum atomic E-state index is -0.360. The third-order valence-corrected chi connectivity index (χ3v) is 4.27. The second kappa shape index (κ2) is 8.72. The number of aromatic nitrogens is 2. The van der Waals surface area contributed by atoms with Crippen molar-refractivity contribution < 1.29 is 13.9 Å². The number of hydrogen-bond acceptors (Lipinski definition) is 6. The molecule has 2 atom stereocenters. The molecular weight excluding hydrogens is 312 g/mol. The zero-order valence-corrected chi connectivity index (χ0v) is 14.5. The molecular formula is C17H22N2O3S. The van der Waals surface area contributed by atoms with Crippen LogP contribution in [-0.2, 0) is 16.0 Å². The Morgan fingerprint density at radius 2 is 2.00 bits per heavy atom. The van der Waals surface area contributed by atoms with Gasteiger partial charge in [-0.15, -0.1) is 10.2 Å². The highest BCUT2D eigenvalue weighted by molar-refractivity contribution is 8.00. The maximum atomic E-state index is 11.7. The number of benzene rings is 1. The Balaban J connectivity index is 1.89. The fraction of sp³-hybridized carbons (Fsp3) is 0.471. The summed E-state index contributed by atoms with van der Waals surface area (Å²) in [5, 5.41) is 8.11. The van der Waals surface area contributed by atoms with Crippen molar-refractivity contribution >= 4 is 17.7 Å². The van der Waals surface area contributed by atoms with Crippen molar-refractivity contribution in [2.75, 3.05) is 6.61 Å². The largest absolute Gasteiger partial charge is 0.465 e. The van der Waals surface area contributed by atoms with Crippen LogP contribution in [0.1, 0.15) is 44.6 Å². The number of carbonyl (C=O) groups is 1. The number of thioether (sulfide) groups is 1. The second-order valence-electron chi connectivity index (χ2n) is 5.41. The molecule has 0 spiro atoms. The van der Waals surface area contributed by atoms with Crippen molar-refractivity contribution in [2.24, 2.45) is 0 Å². The van der Waals surface area contributed by atoms with Crippen LogP contribution in [0.25, 0.3) is 0 Å². The van der Waals surface area contributed by atoms with Crippen LogP contribution in [0.15, 0.2) is 40.0 Å². The Labute approximate surface area is 140 Å². The zero-order chi connectivity index (χ0) is 16.7. The lowest BCUT2D eigenvalue weighted by Crippen LogP contribution is -2.17. The lowest BCUT2D eigenvalue weighted by atomic mass is 9.98. The standard InChI is InChI=1S/C17H22N2O3S/c1-4-10-21-16(20)13(3)23-17-19-18-15(22-17)11-12(2)14-8-6-5-7-9-14/h5-9,12-13H,4,10-11H2,1-3H3. The quantitative estimate of drug-likeness (QED) is 0.540. The number of nitrogens with zero attached hydrogens (tertiary/aromatic N) is 2. The van der Waals surface area contributed by atoms with E-state index in [0.717, 1.165) is 6.42 Å². The molecule has 1 aromatic heterocycles. The summed E-state index contributed by atoms with van der Waals surface area (Å²) >= 11 is 1.23. The van der Waals surface area contributed by atoms with Gasteiger partial charge in [0.1, 0.15) is 5.25 Å². The molecule has 5 nitrogen and oxygen atoms in total. The molecule has 0 saturated carbocycles. The first-order valence-corrected chi connectivity index (χ1v) is 8.68. The van der Waals surface area contributed by atoms with E-state index in [0.29, 0.717) is 30.1 Å². The third-order valence-electron chi connectivity index (χ3n) is 3.36. The topological polar surface area (TPSA) is 65.2 Å². The second-order valence-corrected chi connectivity index (χ2v) is 6.70. The molecule has 0 amide bonds. The van der Waals surface area contributed by atoms with E-state index >= 15 is 0 Å². The molecule has 1 heterocycles. The highest BCUT2D eigenvalue weighted by atomic mass is 32.2. The molecule has 6 heteroatoms. The summed E-state index contributed by atoms with van der Waals surface area (Å²) in [6.45, 7) is 6.30. The number of hydrogen-bond donors (Lipinski definition) is 0. The Morgan fingerprint density at radius 1 is 1.26 bits per heavy atom. The maximum Gasteiger partial charge on any atom is 0.319 e. The van der Waals surface area contributed by atoms with Gasteiger partial charge in [0.25, 0.3) is 5.22 Å². The summed E-state index contributed by atoms with van der Waals surface area (Å²) in [5.74, 6) is 0.619. The van der Waals surface area contributed by atoms with Crippen molar-refractivity contribution in [3.63, 3.8) is 0 Å². The van der Waals surface area contributed by atoms with Gasteiger partial charge >= 0.3 is 5.97 Å². The van der Waals surface area contributed by atoms with Gasteiger partial charge in [-0.05, 0) is 24.8 Å². The van der Waals surface area contributed by atoms with Gasteiger partial charge in [0, 0.05) is 6.42 Å². The van der Waals surface area contributed by atoms with E-state index in [1.165, 1.54) is 17.3 Å². The van der Waals surface area contributed by atoms with Gasteiger partial charge in [0.05, 0.1) is 6.61 Å². The Bertz CT molecular complexity index is 615. The molecule has 0 N–H and O–H groups in total. The van der Waals surface area contributed by atoms with Gasteiger partial charge in [0.15, 0.2) is 0 Å². The number of carbonyl (C=O) groups excluding carboxylic acids is 1. The van der Waals surface area contributed by atoms with E-state index in [4.69, 9.17) is 9.15 Å². The lowest BCUT2D eigenvalue weighted by molar-refractivity contribution is -0.142. The average molecular weight is 334 g/mol. The van der Waals surface area contributed by atoms with Crippen LogP contribution >= 0.6 is 11.8 Å². The molecule has 2 aromatic rings. The first kappa shape index (κ1) is 17.5. The summed E-state index contributed by atoms with van der Waals surface area (Å²) in [4.78, 5) is 11.7. The highest BCUT2D eigenvalue weighted by Gasteiger charge is 2.20. The van der Waals surface area contributed by atoms with Crippen LogP contribution in [0.2, 0.25) is 0 Å². The van der Waals surface area contributed by atoms with E-state index in [1.807, 2.05) is 25.1 Å². The van der Waals surface area contributed by atoms with Crippen LogP contribution in [0.3, 0.4) is 0 Å². The van der Waals surface area contributed by atoms with Gasteiger partial charge in [0.2, 0.25) is 5.89 Å². The number of ether oxygens (including phenoxy) is 1. The number of esters is 1. The summed E-state index contributed by atoms with van der Waals surface area (Å²) in [7, 11) is 0.